The van der Waals surface area contributed by atoms with Gasteiger partial charge in [0.1, 0.15) is 18.8 Å². The minimum atomic E-state index is 0.0758. The molecule has 1 N–H and O–H groups in total. The van der Waals surface area contributed by atoms with Crippen LogP contribution in [-0.2, 0) is 9.22 Å². The maximum Gasteiger partial charge on any atom is 0.118 e. The van der Waals surface area contributed by atoms with Crippen LogP contribution in [0.2, 0.25) is 0 Å². The van der Waals surface area contributed by atoms with Gasteiger partial charge in [-0.1, -0.05) is 11.8 Å². The second-order valence-corrected chi connectivity index (χ2v) is 4.69. The normalized spacial score (nSPS) is 19.4. The van der Waals surface area contributed by atoms with Crippen LogP contribution in [0.15, 0.2) is 18.5 Å². The summed E-state index contributed by atoms with van der Waals surface area (Å²) in [6, 6.07) is 2.09. The first-order valence-corrected chi connectivity index (χ1v) is 6.29. The Morgan fingerprint density at radius 2 is 2.44 bits per heavy atom. The lowest BCUT2D eigenvalue weighted by molar-refractivity contribution is -0.206. The molecule has 6 heteroatoms. The molecule has 1 saturated heterocycles. The summed E-state index contributed by atoms with van der Waals surface area (Å²) in [6.07, 6.45) is 3.57. The molecule has 5 nitrogen and oxygen atoms in total. The molecule has 1 aromatic rings. The van der Waals surface area contributed by atoms with Crippen LogP contribution in [0.3, 0.4) is 0 Å². The van der Waals surface area contributed by atoms with Gasteiger partial charge in [0.2, 0.25) is 0 Å². The third-order valence-electron chi connectivity index (χ3n) is 2.30. The lowest BCUT2D eigenvalue weighted by Crippen LogP contribution is -2.24. The van der Waals surface area contributed by atoms with E-state index in [1.807, 2.05) is 31.3 Å². The van der Waals surface area contributed by atoms with Crippen LogP contribution in [0, 0.1) is 11.8 Å². The van der Waals surface area contributed by atoms with E-state index in [4.69, 9.17) is 9.22 Å². The summed E-state index contributed by atoms with van der Waals surface area (Å²) in [5.41, 5.74) is 1.95. The lowest BCUT2D eigenvalue weighted by Gasteiger charge is -2.20. The highest BCUT2D eigenvalue weighted by molar-refractivity contribution is 7.92. The molecule has 0 aliphatic carbocycles. The molecule has 0 radical (unpaired) electrons. The van der Waals surface area contributed by atoms with Crippen LogP contribution in [0.4, 0.5) is 0 Å². The number of nitrogens with zero attached hydrogens (tertiary/aromatic N) is 2. The van der Waals surface area contributed by atoms with Crippen molar-refractivity contribution in [2.24, 2.45) is 0 Å². The minimum absolute atomic E-state index is 0.0758. The minimum Gasteiger partial charge on any atom is -0.299 e. The second kappa shape index (κ2) is 6.73. The molecular weight excluding hydrogens is 250 g/mol. The Kier molecular flexibility index (Phi) is 4.99. The fraction of sp³-hybridized carbons (Fsp3) is 0.417. The van der Waals surface area contributed by atoms with Gasteiger partial charge in [-0.3, -0.25) is 9.88 Å². The fourth-order valence-corrected chi connectivity index (χ4v) is 1.88. The van der Waals surface area contributed by atoms with Crippen LogP contribution in [-0.4, -0.2) is 37.1 Å². The standard InChI is InChI=1S/C12H15N3O2S/c1-15(2)5-3-4-10-6-11(8-13-7-10)12-9-16-17-18-14-12/h6-8,12,14H,5,9H2,1-2H3. The second-order valence-electron chi connectivity index (χ2n) is 4.15. The largest absolute Gasteiger partial charge is 0.299 e. The van der Waals surface area contributed by atoms with Crippen molar-refractivity contribution in [2.75, 3.05) is 27.2 Å². The summed E-state index contributed by atoms with van der Waals surface area (Å²) in [5, 5.41) is 0. The van der Waals surface area contributed by atoms with Crippen LogP contribution in [0.5, 0.6) is 0 Å². The summed E-state index contributed by atoms with van der Waals surface area (Å²) < 4.78 is 7.80. The van der Waals surface area contributed by atoms with Crippen LogP contribution < -0.4 is 4.72 Å². The maximum atomic E-state index is 4.92. The zero-order valence-corrected chi connectivity index (χ0v) is 11.2. The van der Waals surface area contributed by atoms with Crippen molar-refractivity contribution in [2.45, 2.75) is 6.04 Å². The number of aromatic nitrogens is 1. The van der Waals surface area contributed by atoms with Gasteiger partial charge in [0.05, 0.1) is 12.6 Å². The van der Waals surface area contributed by atoms with E-state index in [9.17, 15) is 0 Å². The van der Waals surface area contributed by atoms with E-state index in [1.54, 1.807) is 6.20 Å². The van der Waals surface area contributed by atoms with Crippen molar-refractivity contribution in [3.63, 3.8) is 0 Å². The SMILES string of the molecule is CN(C)CC#Cc1cncc(C2COOSN2)c1. The predicted octanol–water partition coefficient (Wildman–Crippen LogP) is 1.15. The smallest absolute Gasteiger partial charge is 0.118 e. The summed E-state index contributed by atoms with van der Waals surface area (Å²) in [6.45, 7) is 1.20. The zero-order valence-electron chi connectivity index (χ0n) is 10.3. The van der Waals surface area contributed by atoms with Crippen LogP contribution in [0.1, 0.15) is 17.2 Å². The van der Waals surface area contributed by atoms with Gasteiger partial charge in [0.25, 0.3) is 0 Å². The van der Waals surface area contributed by atoms with Gasteiger partial charge in [-0.2, -0.15) is 0 Å². The molecule has 2 heterocycles. The number of hydrogen-bond acceptors (Lipinski definition) is 6. The number of nitrogens with one attached hydrogen (secondary N) is 1. The highest BCUT2D eigenvalue weighted by Crippen LogP contribution is 2.21. The highest BCUT2D eigenvalue weighted by Gasteiger charge is 2.17. The van der Waals surface area contributed by atoms with Crippen LogP contribution >= 0.6 is 12.2 Å². The first kappa shape index (κ1) is 13.3. The van der Waals surface area contributed by atoms with Gasteiger partial charge in [0.15, 0.2) is 0 Å². The van der Waals surface area contributed by atoms with Crippen molar-refractivity contribution in [1.82, 2.24) is 14.6 Å². The summed E-state index contributed by atoms with van der Waals surface area (Å²) in [4.78, 5) is 11.1. The third-order valence-corrected chi connectivity index (χ3v) is 2.84. The molecule has 1 unspecified atom stereocenters. The molecule has 0 aromatic carbocycles. The molecule has 1 atom stereocenters. The molecule has 0 spiro atoms. The number of rotatable bonds is 2. The first-order valence-electron chi connectivity index (χ1n) is 5.55. The summed E-state index contributed by atoms with van der Waals surface area (Å²) >= 11 is 1.08. The molecule has 2 rings (SSSR count). The van der Waals surface area contributed by atoms with Gasteiger partial charge in [0, 0.05) is 18.0 Å². The monoisotopic (exact) mass is 265 g/mol. The molecule has 0 saturated carbocycles. The quantitative estimate of drug-likeness (QED) is 0.375. The Hall–Kier alpha value is -1.10. The summed E-state index contributed by atoms with van der Waals surface area (Å²) in [7, 11) is 3.98. The molecule has 0 bridgehead atoms. The Labute approximate surface area is 111 Å². The van der Waals surface area contributed by atoms with E-state index in [0.29, 0.717) is 6.61 Å². The van der Waals surface area contributed by atoms with E-state index < -0.39 is 0 Å². The molecule has 1 aromatic heterocycles. The fourth-order valence-electron chi connectivity index (χ4n) is 1.41. The van der Waals surface area contributed by atoms with Gasteiger partial charge in [-0.05, 0) is 25.7 Å². The van der Waals surface area contributed by atoms with Crippen molar-refractivity contribution in [1.29, 1.82) is 0 Å². The predicted molar refractivity (Wildman–Crippen MR) is 70.2 cm³/mol. The molecule has 1 fully saturated rings. The molecule has 1 aliphatic heterocycles. The van der Waals surface area contributed by atoms with Gasteiger partial charge >= 0.3 is 0 Å². The highest BCUT2D eigenvalue weighted by atomic mass is 32.2. The van der Waals surface area contributed by atoms with E-state index in [0.717, 1.165) is 29.9 Å². The molecule has 0 amide bonds. The van der Waals surface area contributed by atoms with E-state index >= 15 is 0 Å². The van der Waals surface area contributed by atoms with E-state index in [2.05, 4.69) is 21.5 Å². The zero-order chi connectivity index (χ0) is 12.8. The average Bonchev–Trinajstić information content (AvgIpc) is 2.40. The number of pyridine rings is 1. The van der Waals surface area contributed by atoms with E-state index in [1.165, 1.54) is 0 Å². The van der Waals surface area contributed by atoms with Crippen LogP contribution in [0.25, 0.3) is 0 Å². The maximum absolute atomic E-state index is 4.92. The average molecular weight is 265 g/mol. The lowest BCUT2D eigenvalue weighted by atomic mass is 10.1. The van der Waals surface area contributed by atoms with Crippen molar-refractivity contribution in [3.05, 3.63) is 29.6 Å². The molecule has 18 heavy (non-hydrogen) atoms. The van der Waals surface area contributed by atoms with Crippen molar-refractivity contribution in [3.8, 4) is 11.8 Å². The van der Waals surface area contributed by atoms with Gasteiger partial charge < -0.3 is 0 Å². The number of hydrogen-bond donors (Lipinski definition) is 1. The Morgan fingerprint density at radius 1 is 1.56 bits per heavy atom. The first-order chi connectivity index (χ1) is 8.75. The van der Waals surface area contributed by atoms with Crippen molar-refractivity contribution >= 4 is 12.2 Å². The summed E-state index contributed by atoms with van der Waals surface area (Å²) in [5.74, 6) is 6.18. The topological polar surface area (TPSA) is 46.6 Å². The van der Waals surface area contributed by atoms with Gasteiger partial charge in [-0.25, -0.2) is 9.61 Å². The molecule has 1 aliphatic rings. The Balaban J connectivity index is 2.06. The molecular formula is C12H15N3O2S. The van der Waals surface area contributed by atoms with E-state index in [-0.39, 0.29) is 6.04 Å². The Bertz CT molecular complexity index is 450. The third kappa shape index (κ3) is 3.98. The Morgan fingerprint density at radius 3 is 3.17 bits per heavy atom. The van der Waals surface area contributed by atoms with Gasteiger partial charge in [-0.15, -0.1) is 4.33 Å². The van der Waals surface area contributed by atoms with Crippen molar-refractivity contribution < 1.29 is 9.22 Å². The molecule has 96 valence electrons.